The Bertz CT molecular complexity index is 586. The van der Waals surface area contributed by atoms with Gasteiger partial charge in [0.15, 0.2) is 0 Å². The van der Waals surface area contributed by atoms with Gasteiger partial charge in [0.25, 0.3) is 5.91 Å². The van der Waals surface area contributed by atoms with Gasteiger partial charge >= 0.3 is 0 Å². The van der Waals surface area contributed by atoms with Crippen LogP contribution < -0.4 is 10.2 Å². The number of alkyl halides is 1. The van der Waals surface area contributed by atoms with E-state index in [1.165, 1.54) is 0 Å². The quantitative estimate of drug-likeness (QED) is 0.500. The van der Waals surface area contributed by atoms with Crippen LogP contribution in [-0.4, -0.2) is 17.4 Å². The molecule has 0 atom stereocenters. The highest BCUT2D eigenvalue weighted by Crippen LogP contribution is 2.24. The van der Waals surface area contributed by atoms with Gasteiger partial charge in [-0.05, 0) is 28.5 Å². The molecule has 5 heteroatoms. The second-order valence-electron chi connectivity index (χ2n) is 3.95. The molecule has 4 nitrogen and oxygen atoms in total. The second kappa shape index (κ2) is 6.72. The van der Waals surface area contributed by atoms with Crippen molar-refractivity contribution in [2.24, 2.45) is 0 Å². The molecule has 0 aliphatic carbocycles. The Hall–Kier alpha value is -1.34. The Kier molecular flexibility index (Phi) is 4.98. The molecule has 0 radical (unpaired) electrons. The number of amides is 1. The van der Waals surface area contributed by atoms with Crippen LogP contribution >= 0.6 is 22.6 Å². The lowest BCUT2D eigenvalue weighted by Gasteiger charge is -2.09. The lowest BCUT2D eigenvalue weighted by molar-refractivity contribution is -0.131. The predicted octanol–water partition coefficient (Wildman–Crippen LogP) is 2.83. The maximum Gasteiger partial charge on any atom is 0.253 e. The summed E-state index contributed by atoms with van der Waals surface area (Å²) in [6, 6.07) is 11.9. The second-order valence-corrected chi connectivity index (χ2v) is 4.71. The van der Waals surface area contributed by atoms with Gasteiger partial charge in [-0.3, -0.25) is 9.63 Å². The van der Waals surface area contributed by atoms with Crippen molar-refractivity contribution < 1.29 is 14.4 Å². The van der Waals surface area contributed by atoms with Gasteiger partial charge in [-0.15, -0.1) is 0 Å². The number of ether oxygens (including phenoxy) is 1. The van der Waals surface area contributed by atoms with E-state index >= 15 is 0 Å². The summed E-state index contributed by atoms with van der Waals surface area (Å²) in [5, 5.41) is 2.17. The van der Waals surface area contributed by atoms with E-state index in [0.717, 1.165) is 22.1 Å². The molecule has 0 heterocycles. The molecule has 0 saturated carbocycles. The number of rotatable bonds is 5. The first kappa shape index (κ1) is 14.1. The van der Waals surface area contributed by atoms with Gasteiger partial charge in [0.1, 0.15) is 12.4 Å². The smallest absolute Gasteiger partial charge is 0.253 e. The molecular weight excluding hydrogens is 357 g/mol. The largest absolute Gasteiger partial charge is 0.497 e. The lowest BCUT2D eigenvalue weighted by Crippen LogP contribution is -2.24. The van der Waals surface area contributed by atoms with Gasteiger partial charge in [0, 0.05) is 0 Å². The normalized spacial score (nSPS) is 10.4. The van der Waals surface area contributed by atoms with Gasteiger partial charge in [-0.25, -0.2) is 5.48 Å². The number of carbonyl (C=O) groups excluding carboxylic acids is 1. The van der Waals surface area contributed by atoms with Gasteiger partial charge in [0.2, 0.25) is 0 Å². The van der Waals surface area contributed by atoms with Crippen LogP contribution in [0, 0.1) is 0 Å². The fraction of sp³-hybridized carbons (Fsp3) is 0.214. The van der Waals surface area contributed by atoms with Crippen LogP contribution in [0.3, 0.4) is 0 Å². The van der Waals surface area contributed by atoms with Crippen molar-refractivity contribution in [3.8, 4) is 5.75 Å². The SMILES string of the molecule is COc1ccc2cccc(CONC(=O)CI)c2c1. The average molecular weight is 371 g/mol. The average Bonchev–Trinajstić information content (AvgIpc) is 2.46. The molecule has 100 valence electrons. The highest BCUT2D eigenvalue weighted by molar-refractivity contribution is 14.1. The molecule has 1 amide bonds. The highest BCUT2D eigenvalue weighted by atomic mass is 127. The number of hydrogen-bond donors (Lipinski definition) is 1. The summed E-state index contributed by atoms with van der Waals surface area (Å²) in [4.78, 5) is 16.3. The van der Waals surface area contributed by atoms with Gasteiger partial charge in [-0.1, -0.05) is 46.9 Å². The first-order valence-electron chi connectivity index (χ1n) is 5.77. The molecule has 0 unspecified atom stereocenters. The highest BCUT2D eigenvalue weighted by Gasteiger charge is 2.04. The Morgan fingerprint density at radius 2 is 2.16 bits per heavy atom. The molecule has 0 saturated heterocycles. The fourth-order valence-electron chi connectivity index (χ4n) is 1.79. The van der Waals surface area contributed by atoms with E-state index < -0.39 is 0 Å². The van der Waals surface area contributed by atoms with E-state index in [4.69, 9.17) is 9.57 Å². The lowest BCUT2D eigenvalue weighted by atomic mass is 10.0. The van der Waals surface area contributed by atoms with E-state index in [2.05, 4.69) is 5.48 Å². The molecule has 0 aliphatic rings. The maximum atomic E-state index is 11.1. The number of hydroxylamine groups is 1. The first-order valence-corrected chi connectivity index (χ1v) is 7.29. The molecule has 0 fully saturated rings. The molecule has 2 aromatic carbocycles. The van der Waals surface area contributed by atoms with Crippen molar-refractivity contribution in [1.29, 1.82) is 0 Å². The van der Waals surface area contributed by atoms with Gasteiger partial charge in [0.05, 0.1) is 11.5 Å². The zero-order valence-electron chi connectivity index (χ0n) is 10.5. The van der Waals surface area contributed by atoms with Crippen LogP contribution in [0.2, 0.25) is 0 Å². The van der Waals surface area contributed by atoms with Crippen LogP contribution in [-0.2, 0) is 16.2 Å². The number of fused-ring (bicyclic) bond motifs is 1. The van der Waals surface area contributed by atoms with Crippen molar-refractivity contribution in [1.82, 2.24) is 5.48 Å². The zero-order valence-corrected chi connectivity index (χ0v) is 12.6. The fourth-order valence-corrected chi connectivity index (χ4v) is 1.95. The van der Waals surface area contributed by atoms with E-state index in [0.29, 0.717) is 11.0 Å². The Labute approximate surface area is 125 Å². The van der Waals surface area contributed by atoms with Crippen molar-refractivity contribution in [2.75, 3.05) is 11.5 Å². The number of nitrogens with one attached hydrogen (secondary N) is 1. The summed E-state index contributed by atoms with van der Waals surface area (Å²) in [7, 11) is 1.64. The number of carbonyl (C=O) groups is 1. The third kappa shape index (κ3) is 3.57. The minimum absolute atomic E-state index is 0.140. The number of halogens is 1. The maximum absolute atomic E-state index is 11.1. The summed E-state index contributed by atoms with van der Waals surface area (Å²) in [5.41, 5.74) is 3.40. The number of hydrogen-bond acceptors (Lipinski definition) is 3. The van der Waals surface area contributed by atoms with Crippen LogP contribution in [0.5, 0.6) is 5.75 Å². The van der Waals surface area contributed by atoms with Crippen LogP contribution in [0.25, 0.3) is 10.8 Å². The molecule has 1 N–H and O–H groups in total. The molecular formula is C14H14INO3. The summed E-state index contributed by atoms with van der Waals surface area (Å²) in [5.74, 6) is 0.662. The third-order valence-corrected chi connectivity index (χ3v) is 3.41. The number of benzene rings is 2. The van der Waals surface area contributed by atoms with E-state index in [1.807, 2.05) is 59.0 Å². The molecule has 0 bridgehead atoms. The predicted molar refractivity (Wildman–Crippen MR) is 82.3 cm³/mol. The van der Waals surface area contributed by atoms with Crippen LogP contribution in [0.15, 0.2) is 36.4 Å². The van der Waals surface area contributed by atoms with Crippen molar-refractivity contribution in [2.45, 2.75) is 6.61 Å². The van der Waals surface area contributed by atoms with E-state index in [9.17, 15) is 4.79 Å². The first-order chi connectivity index (χ1) is 9.24. The summed E-state index contributed by atoms with van der Waals surface area (Å²) < 4.78 is 5.60. The molecule has 2 rings (SSSR count). The molecule has 2 aromatic rings. The minimum Gasteiger partial charge on any atom is -0.497 e. The molecule has 0 spiro atoms. The van der Waals surface area contributed by atoms with E-state index in [-0.39, 0.29) is 5.91 Å². The zero-order chi connectivity index (χ0) is 13.7. The Balaban J connectivity index is 2.19. The summed E-state index contributed by atoms with van der Waals surface area (Å²) in [6.07, 6.45) is 0. The molecule has 19 heavy (non-hydrogen) atoms. The van der Waals surface area contributed by atoms with Crippen molar-refractivity contribution >= 4 is 39.3 Å². The minimum atomic E-state index is -0.140. The Morgan fingerprint density at radius 3 is 2.89 bits per heavy atom. The van der Waals surface area contributed by atoms with Gasteiger partial charge < -0.3 is 4.74 Å². The molecule has 0 aromatic heterocycles. The standard InChI is InChI=1S/C14H14INO3/c1-18-12-6-5-10-3-2-4-11(13(10)7-12)9-19-16-14(17)8-15/h2-7H,8-9H2,1H3,(H,16,17). The summed E-state index contributed by atoms with van der Waals surface area (Å²) >= 11 is 1.98. The van der Waals surface area contributed by atoms with Crippen LogP contribution in [0.1, 0.15) is 5.56 Å². The van der Waals surface area contributed by atoms with E-state index in [1.54, 1.807) is 7.11 Å². The monoisotopic (exact) mass is 371 g/mol. The summed E-state index contributed by atoms with van der Waals surface area (Å²) in [6.45, 7) is 0.326. The third-order valence-electron chi connectivity index (χ3n) is 2.71. The number of methoxy groups -OCH3 is 1. The van der Waals surface area contributed by atoms with Gasteiger partial charge in [-0.2, -0.15) is 0 Å². The van der Waals surface area contributed by atoms with Crippen LogP contribution in [0.4, 0.5) is 0 Å². The topological polar surface area (TPSA) is 47.6 Å². The van der Waals surface area contributed by atoms with Crippen molar-refractivity contribution in [3.63, 3.8) is 0 Å². The Morgan fingerprint density at radius 1 is 1.32 bits per heavy atom. The molecule has 0 aliphatic heterocycles. The van der Waals surface area contributed by atoms with Crippen molar-refractivity contribution in [3.05, 3.63) is 42.0 Å².